The van der Waals surface area contributed by atoms with Gasteiger partial charge < -0.3 is 29.7 Å². The van der Waals surface area contributed by atoms with E-state index in [1.807, 2.05) is 38.1 Å². The van der Waals surface area contributed by atoms with Crippen molar-refractivity contribution in [1.29, 1.82) is 0 Å². The number of aromatic nitrogens is 1. The van der Waals surface area contributed by atoms with Crippen molar-refractivity contribution < 1.29 is 24.2 Å². The van der Waals surface area contributed by atoms with Crippen molar-refractivity contribution >= 4 is 11.9 Å². The van der Waals surface area contributed by atoms with Crippen LogP contribution in [0.3, 0.4) is 0 Å². The highest BCUT2D eigenvalue weighted by Gasteiger charge is 2.35. The summed E-state index contributed by atoms with van der Waals surface area (Å²) in [5.74, 6) is 0.634. The highest BCUT2D eigenvalue weighted by atomic mass is 16.5. The fourth-order valence-electron chi connectivity index (χ4n) is 4.97. The molecule has 0 bridgehead atoms. The molecule has 9 heteroatoms. The van der Waals surface area contributed by atoms with Gasteiger partial charge in [-0.25, -0.2) is 9.78 Å². The Morgan fingerprint density at radius 2 is 1.97 bits per heavy atom. The van der Waals surface area contributed by atoms with Crippen LogP contribution in [0, 0.1) is 5.92 Å². The van der Waals surface area contributed by atoms with E-state index >= 15 is 0 Å². The van der Waals surface area contributed by atoms with Gasteiger partial charge in [-0.2, -0.15) is 0 Å². The number of amides is 3. The second kappa shape index (κ2) is 11.8. The number of aliphatic hydroxyl groups is 1. The third kappa shape index (κ3) is 6.15. The highest BCUT2D eigenvalue weighted by molar-refractivity contribution is 5.98. The normalized spacial score (nSPS) is 20.9. The molecule has 1 aromatic heterocycles. The number of carbonyl (C=O) groups excluding carboxylic acids is 2. The van der Waals surface area contributed by atoms with Crippen LogP contribution < -0.4 is 14.8 Å². The zero-order valence-corrected chi connectivity index (χ0v) is 22.1. The Bertz CT molecular complexity index is 1090. The van der Waals surface area contributed by atoms with Gasteiger partial charge in [-0.05, 0) is 43.5 Å². The molecule has 3 amide bonds. The Morgan fingerprint density at radius 3 is 2.62 bits per heavy atom. The summed E-state index contributed by atoms with van der Waals surface area (Å²) in [4.78, 5) is 34.4. The average molecular weight is 511 g/mol. The summed E-state index contributed by atoms with van der Waals surface area (Å²) in [5.41, 5.74) is 2.00. The molecular weight excluding hydrogens is 472 g/mol. The Morgan fingerprint density at radius 1 is 1.27 bits per heavy atom. The molecule has 2 heterocycles. The molecule has 2 aliphatic rings. The van der Waals surface area contributed by atoms with Crippen LogP contribution in [0.2, 0.25) is 0 Å². The lowest BCUT2D eigenvalue weighted by Crippen LogP contribution is -2.52. The van der Waals surface area contributed by atoms with Gasteiger partial charge in [0.2, 0.25) is 5.88 Å². The van der Waals surface area contributed by atoms with Crippen molar-refractivity contribution in [3.05, 3.63) is 42.1 Å². The van der Waals surface area contributed by atoms with Gasteiger partial charge in [0.25, 0.3) is 5.91 Å². The van der Waals surface area contributed by atoms with Gasteiger partial charge in [0, 0.05) is 37.3 Å². The Hall–Kier alpha value is -3.33. The first-order valence-corrected chi connectivity index (χ1v) is 13.0. The number of hydrogen-bond donors (Lipinski definition) is 2. The summed E-state index contributed by atoms with van der Waals surface area (Å²) < 4.78 is 11.6. The van der Waals surface area contributed by atoms with E-state index in [-0.39, 0.29) is 48.5 Å². The van der Waals surface area contributed by atoms with E-state index in [9.17, 15) is 14.7 Å². The number of nitrogens with zero attached hydrogens (tertiary/aromatic N) is 3. The van der Waals surface area contributed by atoms with Gasteiger partial charge in [0.15, 0.2) is 0 Å². The molecule has 9 nitrogen and oxygen atoms in total. The summed E-state index contributed by atoms with van der Waals surface area (Å²) in [6, 6.07) is 9.04. The van der Waals surface area contributed by atoms with Gasteiger partial charge in [0.1, 0.15) is 17.4 Å². The van der Waals surface area contributed by atoms with Crippen molar-refractivity contribution in [2.45, 2.75) is 57.7 Å². The SMILES string of the molecule is COc1ccc(-c2cnc3c(c2)C(=O)N([C@@H](C)CO)C[C@@H](C)[C@H](CN(C)C(=O)NC2CCCC2)O3)cc1. The maximum Gasteiger partial charge on any atom is 0.317 e. The number of likely N-dealkylation sites (N-methyl/N-ethyl adjacent to an activating group) is 1. The maximum atomic E-state index is 13.7. The molecule has 0 unspecified atom stereocenters. The summed E-state index contributed by atoms with van der Waals surface area (Å²) in [7, 11) is 3.38. The van der Waals surface area contributed by atoms with E-state index in [0.29, 0.717) is 18.7 Å². The van der Waals surface area contributed by atoms with Gasteiger partial charge in [-0.15, -0.1) is 0 Å². The number of ether oxygens (including phenoxy) is 2. The number of methoxy groups -OCH3 is 1. The van der Waals surface area contributed by atoms with Crippen molar-refractivity contribution in [3.63, 3.8) is 0 Å². The number of aliphatic hydroxyl groups excluding tert-OH is 1. The van der Waals surface area contributed by atoms with Gasteiger partial charge in [0.05, 0.1) is 26.3 Å². The summed E-state index contributed by atoms with van der Waals surface area (Å²) in [6.45, 7) is 4.39. The number of nitrogens with one attached hydrogen (secondary N) is 1. The van der Waals surface area contributed by atoms with Crippen LogP contribution in [0.15, 0.2) is 36.5 Å². The van der Waals surface area contributed by atoms with E-state index in [1.165, 1.54) is 0 Å². The van der Waals surface area contributed by atoms with Crippen LogP contribution in [0.25, 0.3) is 11.1 Å². The van der Waals surface area contributed by atoms with Crippen LogP contribution in [0.5, 0.6) is 11.6 Å². The third-order valence-corrected chi connectivity index (χ3v) is 7.43. The summed E-state index contributed by atoms with van der Waals surface area (Å²) >= 11 is 0. The molecule has 0 spiro atoms. The second-order valence-electron chi connectivity index (χ2n) is 10.2. The molecule has 37 heavy (non-hydrogen) atoms. The monoisotopic (exact) mass is 510 g/mol. The standard InChI is InChI=1S/C28H38N4O5/c1-18-15-32(19(2)17-33)27(34)24-13-21(20-9-11-23(36-4)12-10-20)14-29-26(24)37-25(18)16-31(3)28(35)30-22-7-5-6-8-22/h9-14,18-19,22,25,33H,5-8,15-17H2,1-4H3,(H,30,35)/t18-,19+,25+/m1/s1. The average Bonchev–Trinajstić information content (AvgIpc) is 3.43. The molecule has 0 saturated heterocycles. The number of fused-ring (bicyclic) bond motifs is 1. The molecular formula is C28H38N4O5. The number of pyridine rings is 1. The van der Waals surface area contributed by atoms with Crippen LogP contribution >= 0.6 is 0 Å². The van der Waals surface area contributed by atoms with Crippen molar-refractivity contribution in [3.8, 4) is 22.8 Å². The predicted octanol–water partition coefficient (Wildman–Crippen LogP) is 3.56. The van der Waals surface area contributed by atoms with Crippen LogP contribution in [0.4, 0.5) is 4.79 Å². The fraction of sp³-hybridized carbons (Fsp3) is 0.536. The number of benzene rings is 1. The summed E-state index contributed by atoms with van der Waals surface area (Å²) in [5, 5.41) is 13.0. The van der Waals surface area contributed by atoms with E-state index in [1.54, 1.807) is 36.2 Å². The molecule has 1 aromatic carbocycles. The van der Waals surface area contributed by atoms with E-state index < -0.39 is 0 Å². The first-order chi connectivity index (χ1) is 17.8. The van der Waals surface area contributed by atoms with Crippen molar-refractivity contribution in [1.82, 2.24) is 20.1 Å². The third-order valence-electron chi connectivity index (χ3n) is 7.43. The van der Waals surface area contributed by atoms with Gasteiger partial charge >= 0.3 is 6.03 Å². The molecule has 0 radical (unpaired) electrons. The molecule has 2 aromatic rings. The lowest BCUT2D eigenvalue weighted by molar-refractivity contribution is 0.0351. The first-order valence-electron chi connectivity index (χ1n) is 13.0. The van der Waals surface area contributed by atoms with Crippen molar-refractivity contribution in [2.75, 3.05) is 33.9 Å². The van der Waals surface area contributed by atoms with Crippen LogP contribution in [-0.4, -0.2) is 83.9 Å². The number of rotatable bonds is 7. The van der Waals surface area contributed by atoms with E-state index in [2.05, 4.69) is 10.3 Å². The lowest BCUT2D eigenvalue weighted by Gasteiger charge is -2.37. The molecule has 3 atom stereocenters. The Labute approximate surface area is 218 Å². The predicted molar refractivity (Wildman–Crippen MR) is 141 cm³/mol. The second-order valence-corrected chi connectivity index (χ2v) is 10.2. The maximum absolute atomic E-state index is 13.7. The molecule has 1 saturated carbocycles. The topological polar surface area (TPSA) is 104 Å². The first kappa shape index (κ1) is 26.7. The lowest BCUT2D eigenvalue weighted by atomic mass is 9.99. The molecule has 2 N–H and O–H groups in total. The Balaban J connectivity index is 1.62. The van der Waals surface area contributed by atoms with Crippen LogP contribution in [0.1, 0.15) is 49.9 Å². The molecule has 1 aliphatic carbocycles. The molecule has 200 valence electrons. The number of urea groups is 1. The Kier molecular flexibility index (Phi) is 8.53. The molecule has 4 rings (SSSR count). The van der Waals surface area contributed by atoms with Crippen molar-refractivity contribution in [2.24, 2.45) is 5.92 Å². The quantitative estimate of drug-likeness (QED) is 0.590. The number of hydrogen-bond acceptors (Lipinski definition) is 6. The highest BCUT2D eigenvalue weighted by Crippen LogP contribution is 2.31. The fourth-order valence-corrected chi connectivity index (χ4v) is 4.97. The van der Waals surface area contributed by atoms with Gasteiger partial charge in [-0.3, -0.25) is 4.79 Å². The van der Waals surface area contributed by atoms with E-state index in [0.717, 1.165) is 42.6 Å². The molecule has 1 aliphatic heterocycles. The molecule has 1 fully saturated rings. The van der Waals surface area contributed by atoms with Gasteiger partial charge in [-0.1, -0.05) is 31.9 Å². The minimum absolute atomic E-state index is 0.101. The number of carbonyl (C=O) groups is 2. The minimum Gasteiger partial charge on any atom is -0.497 e. The van der Waals surface area contributed by atoms with E-state index in [4.69, 9.17) is 9.47 Å². The minimum atomic E-state index is -0.390. The zero-order chi connectivity index (χ0) is 26.5. The largest absolute Gasteiger partial charge is 0.497 e. The zero-order valence-electron chi connectivity index (χ0n) is 22.1. The van der Waals surface area contributed by atoms with Crippen LogP contribution in [-0.2, 0) is 0 Å². The summed E-state index contributed by atoms with van der Waals surface area (Å²) in [6.07, 6.45) is 5.61. The smallest absolute Gasteiger partial charge is 0.317 e.